The van der Waals surface area contributed by atoms with Gasteiger partial charge in [0.2, 0.25) is 0 Å². The van der Waals surface area contributed by atoms with E-state index in [2.05, 4.69) is 45.1 Å². The van der Waals surface area contributed by atoms with Crippen molar-refractivity contribution in [3.05, 3.63) is 94.5 Å². The van der Waals surface area contributed by atoms with E-state index in [1.807, 2.05) is 66.4 Å². The monoisotopic (exact) mass is 485 g/mol. The number of rotatable bonds is 3. The summed E-state index contributed by atoms with van der Waals surface area (Å²) in [7, 11) is 0. The quantitative estimate of drug-likeness (QED) is 0.360. The number of piperazine rings is 1. The van der Waals surface area contributed by atoms with Crippen molar-refractivity contribution in [3.63, 3.8) is 0 Å². The Morgan fingerprint density at radius 3 is 2.31 bits per heavy atom. The highest BCUT2D eigenvalue weighted by atomic mass is 79.9. The van der Waals surface area contributed by atoms with Crippen LogP contribution >= 0.6 is 15.9 Å². The number of aryl methyl sites for hydroxylation is 1. The Morgan fingerprint density at radius 2 is 1.59 bits per heavy atom. The molecule has 160 valence electrons. The number of benzene rings is 3. The number of para-hydroxylation sites is 2. The van der Waals surface area contributed by atoms with Crippen LogP contribution in [0.5, 0.6) is 0 Å². The molecule has 4 aromatic rings. The SMILES string of the molecule is Cc1cccc2c(C(=O)N3CCN(c4ccccc4)CC3)cc(-c3ccc(Br)cc3)nc12. The summed E-state index contributed by atoms with van der Waals surface area (Å²) in [4.78, 5) is 22.9. The van der Waals surface area contributed by atoms with Crippen LogP contribution in [0.2, 0.25) is 0 Å². The first kappa shape index (κ1) is 20.7. The van der Waals surface area contributed by atoms with Crippen molar-refractivity contribution in [2.45, 2.75) is 6.92 Å². The van der Waals surface area contributed by atoms with Crippen molar-refractivity contribution in [2.75, 3.05) is 31.1 Å². The molecule has 0 N–H and O–H groups in total. The number of hydrogen-bond acceptors (Lipinski definition) is 3. The molecular weight excluding hydrogens is 462 g/mol. The van der Waals surface area contributed by atoms with Crippen LogP contribution in [-0.2, 0) is 0 Å². The number of pyridine rings is 1. The van der Waals surface area contributed by atoms with Crippen LogP contribution in [-0.4, -0.2) is 42.0 Å². The maximum Gasteiger partial charge on any atom is 0.254 e. The molecule has 1 aromatic heterocycles. The van der Waals surface area contributed by atoms with Gasteiger partial charge in [-0.05, 0) is 42.8 Å². The summed E-state index contributed by atoms with van der Waals surface area (Å²) < 4.78 is 1.02. The fraction of sp³-hybridized carbons (Fsp3) is 0.185. The van der Waals surface area contributed by atoms with E-state index in [9.17, 15) is 4.79 Å². The molecule has 1 aliphatic heterocycles. The summed E-state index contributed by atoms with van der Waals surface area (Å²) in [5.74, 6) is 0.0778. The first-order chi connectivity index (χ1) is 15.6. The summed E-state index contributed by atoms with van der Waals surface area (Å²) >= 11 is 3.50. The predicted molar refractivity (Wildman–Crippen MR) is 134 cm³/mol. The van der Waals surface area contributed by atoms with Crippen molar-refractivity contribution < 1.29 is 4.79 Å². The molecule has 4 nitrogen and oxygen atoms in total. The lowest BCUT2D eigenvalue weighted by molar-refractivity contribution is 0.0748. The van der Waals surface area contributed by atoms with Crippen LogP contribution in [0.4, 0.5) is 5.69 Å². The van der Waals surface area contributed by atoms with Gasteiger partial charge in [0.05, 0.1) is 16.8 Å². The fourth-order valence-corrected chi connectivity index (χ4v) is 4.58. The van der Waals surface area contributed by atoms with Crippen LogP contribution in [0, 0.1) is 6.92 Å². The van der Waals surface area contributed by atoms with Gasteiger partial charge in [0, 0.05) is 47.3 Å². The van der Waals surface area contributed by atoms with Crippen molar-refractivity contribution >= 4 is 38.4 Å². The number of fused-ring (bicyclic) bond motifs is 1. The van der Waals surface area contributed by atoms with Crippen molar-refractivity contribution in [2.24, 2.45) is 0 Å². The van der Waals surface area contributed by atoms with Crippen LogP contribution < -0.4 is 4.90 Å². The standard InChI is InChI=1S/C27H24BrN3O/c1-19-6-5-9-23-24(18-25(29-26(19)23)20-10-12-21(28)13-11-20)27(32)31-16-14-30(15-17-31)22-7-3-2-4-8-22/h2-13,18H,14-17H2,1H3. The predicted octanol–water partition coefficient (Wildman–Crippen LogP) is 5.94. The number of halogens is 1. The average molecular weight is 486 g/mol. The molecule has 0 saturated carbocycles. The largest absolute Gasteiger partial charge is 0.368 e. The molecule has 5 heteroatoms. The Balaban J connectivity index is 1.48. The molecule has 0 aliphatic carbocycles. The third kappa shape index (κ3) is 4.00. The minimum atomic E-state index is 0.0778. The number of anilines is 1. The van der Waals surface area contributed by atoms with Gasteiger partial charge in [-0.2, -0.15) is 0 Å². The summed E-state index contributed by atoms with van der Waals surface area (Å²) in [6.07, 6.45) is 0. The van der Waals surface area contributed by atoms with Crippen LogP contribution in [0.3, 0.4) is 0 Å². The molecule has 0 spiro atoms. The van der Waals surface area contributed by atoms with Gasteiger partial charge in [0.25, 0.3) is 5.91 Å². The summed E-state index contributed by atoms with van der Waals surface area (Å²) in [6.45, 7) is 5.12. The van der Waals surface area contributed by atoms with Crippen molar-refractivity contribution in [3.8, 4) is 11.3 Å². The van der Waals surface area contributed by atoms with Crippen molar-refractivity contribution in [1.82, 2.24) is 9.88 Å². The zero-order valence-corrected chi connectivity index (χ0v) is 19.5. The van der Waals surface area contributed by atoms with E-state index in [0.29, 0.717) is 13.1 Å². The van der Waals surface area contributed by atoms with Gasteiger partial charge in [-0.15, -0.1) is 0 Å². The highest BCUT2D eigenvalue weighted by molar-refractivity contribution is 9.10. The number of hydrogen-bond donors (Lipinski definition) is 0. The lowest BCUT2D eigenvalue weighted by Crippen LogP contribution is -2.48. The van der Waals surface area contributed by atoms with E-state index in [-0.39, 0.29) is 5.91 Å². The number of carbonyl (C=O) groups is 1. The molecule has 0 atom stereocenters. The Bertz CT molecular complexity index is 1260. The molecule has 5 rings (SSSR count). The fourth-order valence-electron chi connectivity index (χ4n) is 4.31. The second-order valence-corrected chi connectivity index (χ2v) is 9.06. The molecule has 0 unspecified atom stereocenters. The molecule has 1 aliphatic rings. The molecule has 1 fully saturated rings. The van der Waals surface area contributed by atoms with Crippen molar-refractivity contribution in [1.29, 1.82) is 0 Å². The van der Waals surface area contributed by atoms with Gasteiger partial charge in [-0.3, -0.25) is 4.79 Å². The molecule has 32 heavy (non-hydrogen) atoms. The van der Waals surface area contributed by atoms with Gasteiger partial charge in [0.1, 0.15) is 0 Å². The Kier molecular flexibility index (Phi) is 5.66. The minimum absolute atomic E-state index is 0.0778. The van der Waals surface area contributed by atoms with E-state index in [1.165, 1.54) is 5.69 Å². The second kappa shape index (κ2) is 8.75. The third-order valence-electron chi connectivity index (χ3n) is 6.10. The van der Waals surface area contributed by atoms with Gasteiger partial charge >= 0.3 is 0 Å². The maximum absolute atomic E-state index is 13.7. The van der Waals surface area contributed by atoms with E-state index in [0.717, 1.165) is 50.8 Å². The normalized spacial score (nSPS) is 14.1. The minimum Gasteiger partial charge on any atom is -0.368 e. The van der Waals surface area contributed by atoms with E-state index in [4.69, 9.17) is 4.98 Å². The van der Waals surface area contributed by atoms with Gasteiger partial charge < -0.3 is 9.80 Å². The number of amides is 1. The Labute approximate surface area is 196 Å². The zero-order valence-electron chi connectivity index (χ0n) is 18.0. The van der Waals surface area contributed by atoms with E-state index >= 15 is 0 Å². The molecule has 2 heterocycles. The molecule has 3 aromatic carbocycles. The smallest absolute Gasteiger partial charge is 0.254 e. The summed E-state index contributed by atoms with van der Waals surface area (Å²) in [5, 5.41) is 0.918. The second-order valence-electron chi connectivity index (χ2n) is 8.15. The molecule has 1 amide bonds. The number of aromatic nitrogens is 1. The molecular formula is C27H24BrN3O. The number of nitrogens with zero attached hydrogens (tertiary/aromatic N) is 3. The highest BCUT2D eigenvalue weighted by Crippen LogP contribution is 2.29. The first-order valence-electron chi connectivity index (χ1n) is 10.9. The Hall–Kier alpha value is -3.18. The maximum atomic E-state index is 13.7. The zero-order chi connectivity index (χ0) is 22.1. The topological polar surface area (TPSA) is 36.4 Å². The molecule has 0 bridgehead atoms. The van der Waals surface area contributed by atoms with E-state index in [1.54, 1.807) is 0 Å². The molecule has 0 radical (unpaired) electrons. The summed E-state index contributed by atoms with van der Waals surface area (Å²) in [5.41, 5.74) is 5.72. The van der Waals surface area contributed by atoms with Crippen LogP contribution in [0.15, 0.2) is 83.3 Å². The van der Waals surface area contributed by atoms with Crippen LogP contribution in [0.25, 0.3) is 22.2 Å². The highest BCUT2D eigenvalue weighted by Gasteiger charge is 2.24. The molecule has 1 saturated heterocycles. The lowest BCUT2D eigenvalue weighted by Gasteiger charge is -2.36. The van der Waals surface area contributed by atoms with Gasteiger partial charge in [-0.1, -0.05) is 64.5 Å². The number of carbonyl (C=O) groups excluding carboxylic acids is 1. The third-order valence-corrected chi connectivity index (χ3v) is 6.63. The summed E-state index contributed by atoms with van der Waals surface area (Å²) in [6, 6.07) is 26.5. The van der Waals surface area contributed by atoms with Gasteiger partial charge in [-0.25, -0.2) is 4.98 Å². The van der Waals surface area contributed by atoms with E-state index < -0.39 is 0 Å². The lowest BCUT2D eigenvalue weighted by atomic mass is 10.0. The Morgan fingerprint density at radius 1 is 0.875 bits per heavy atom. The average Bonchev–Trinajstić information content (AvgIpc) is 2.84. The van der Waals surface area contributed by atoms with Gasteiger partial charge in [0.15, 0.2) is 0 Å². The first-order valence-corrected chi connectivity index (χ1v) is 11.6. The van der Waals surface area contributed by atoms with Crippen LogP contribution in [0.1, 0.15) is 15.9 Å².